The predicted molar refractivity (Wildman–Crippen MR) is 109 cm³/mol. The number of aromatic amines is 1. The van der Waals surface area contributed by atoms with Gasteiger partial charge in [0.2, 0.25) is 5.91 Å². The Morgan fingerprint density at radius 1 is 1.18 bits per heavy atom. The van der Waals surface area contributed by atoms with Crippen molar-refractivity contribution in [2.75, 3.05) is 0 Å². The van der Waals surface area contributed by atoms with E-state index in [1.54, 1.807) is 12.1 Å². The van der Waals surface area contributed by atoms with Crippen molar-refractivity contribution < 1.29 is 9.18 Å². The number of carbonyl (C=O) groups excluding carboxylic acids is 1. The van der Waals surface area contributed by atoms with Crippen LogP contribution < -0.4 is 10.6 Å². The third-order valence-electron chi connectivity index (χ3n) is 5.41. The van der Waals surface area contributed by atoms with E-state index in [2.05, 4.69) is 41.6 Å². The number of aromatic nitrogens is 1. The molecule has 4 rings (SSSR count). The standard InChI is InChI=1S/C23H26FN3O/c1-14(2)11-20-22-18(17-5-3-4-6-19(17)27-22)12-21(26-20)23(28)25-13-15-7-9-16(24)10-8-15/h3-10,14,20-21,26-27H,11-13H2,1-2H3,(H,25,28)/t20-,21+/m1/s1. The number of amides is 1. The summed E-state index contributed by atoms with van der Waals surface area (Å²) in [5, 5.41) is 7.74. The summed E-state index contributed by atoms with van der Waals surface area (Å²) in [5.74, 6) is 0.221. The number of hydrogen-bond donors (Lipinski definition) is 3. The van der Waals surface area contributed by atoms with Gasteiger partial charge in [0.15, 0.2) is 0 Å². The first-order valence-electron chi connectivity index (χ1n) is 9.89. The van der Waals surface area contributed by atoms with E-state index < -0.39 is 0 Å². The summed E-state index contributed by atoms with van der Waals surface area (Å²) in [6.07, 6.45) is 1.62. The van der Waals surface area contributed by atoms with Gasteiger partial charge < -0.3 is 10.3 Å². The molecule has 0 saturated carbocycles. The fourth-order valence-corrected chi connectivity index (χ4v) is 4.07. The number of benzene rings is 2. The van der Waals surface area contributed by atoms with Gasteiger partial charge in [-0.05, 0) is 48.1 Å². The number of para-hydroxylation sites is 1. The van der Waals surface area contributed by atoms with Gasteiger partial charge in [0.05, 0.1) is 6.04 Å². The zero-order valence-corrected chi connectivity index (χ0v) is 16.3. The van der Waals surface area contributed by atoms with Crippen molar-refractivity contribution in [2.45, 2.75) is 45.3 Å². The van der Waals surface area contributed by atoms with Gasteiger partial charge >= 0.3 is 0 Å². The molecule has 1 aliphatic heterocycles. The van der Waals surface area contributed by atoms with Crippen molar-refractivity contribution in [1.29, 1.82) is 0 Å². The lowest BCUT2D eigenvalue weighted by Crippen LogP contribution is -2.49. The maximum atomic E-state index is 13.1. The second-order valence-electron chi connectivity index (χ2n) is 8.01. The molecule has 0 radical (unpaired) electrons. The normalized spacial score (nSPS) is 19.0. The van der Waals surface area contributed by atoms with E-state index >= 15 is 0 Å². The summed E-state index contributed by atoms with van der Waals surface area (Å²) in [6.45, 7) is 4.79. The number of halogens is 1. The fraction of sp³-hybridized carbons (Fsp3) is 0.348. The summed E-state index contributed by atoms with van der Waals surface area (Å²) in [7, 11) is 0. The lowest BCUT2D eigenvalue weighted by Gasteiger charge is -2.31. The smallest absolute Gasteiger partial charge is 0.237 e. The molecular weight excluding hydrogens is 353 g/mol. The molecule has 2 aromatic carbocycles. The monoisotopic (exact) mass is 379 g/mol. The molecule has 1 aromatic heterocycles. The lowest BCUT2D eigenvalue weighted by atomic mass is 9.89. The first kappa shape index (κ1) is 18.7. The maximum absolute atomic E-state index is 13.1. The maximum Gasteiger partial charge on any atom is 0.237 e. The largest absolute Gasteiger partial charge is 0.357 e. The van der Waals surface area contributed by atoms with Crippen LogP contribution in [-0.2, 0) is 17.8 Å². The first-order valence-corrected chi connectivity index (χ1v) is 9.89. The van der Waals surface area contributed by atoms with Crippen LogP contribution in [0.25, 0.3) is 10.9 Å². The van der Waals surface area contributed by atoms with Crippen LogP contribution in [0, 0.1) is 11.7 Å². The highest BCUT2D eigenvalue weighted by Gasteiger charge is 2.33. The third kappa shape index (κ3) is 3.80. The van der Waals surface area contributed by atoms with Crippen LogP contribution in [0.3, 0.4) is 0 Å². The molecule has 2 atom stereocenters. The summed E-state index contributed by atoms with van der Waals surface area (Å²) in [6, 6.07) is 14.3. The molecule has 146 valence electrons. The topological polar surface area (TPSA) is 56.9 Å². The third-order valence-corrected chi connectivity index (χ3v) is 5.41. The number of rotatable bonds is 5. The zero-order chi connectivity index (χ0) is 19.7. The Hall–Kier alpha value is -2.66. The van der Waals surface area contributed by atoms with Gasteiger partial charge in [0.25, 0.3) is 0 Å². The molecule has 4 nitrogen and oxygen atoms in total. The van der Waals surface area contributed by atoms with Crippen molar-refractivity contribution >= 4 is 16.8 Å². The van der Waals surface area contributed by atoms with Gasteiger partial charge in [-0.25, -0.2) is 4.39 Å². The first-order chi connectivity index (χ1) is 13.5. The van der Waals surface area contributed by atoms with E-state index in [9.17, 15) is 9.18 Å². The Labute approximate surface area is 164 Å². The van der Waals surface area contributed by atoms with Gasteiger partial charge in [-0.1, -0.05) is 44.2 Å². The van der Waals surface area contributed by atoms with E-state index in [4.69, 9.17) is 0 Å². The van der Waals surface area contributed by atoms with Crippen molar-refractivity contribution in [3.05, 3.63) is 71.2 Å². The number of H-pyrrole nitrogens is 1. The average Bonchev–Trinajstić information content (AvgIpc) is 3.06. The highest BCUT2D eigenvalue weighted by molar-refractivity contribution is 5.88. The number of carbonyl (C=O) groups is 1. The van der Waals surface area contributed by atoms with E-state index in [1.807, 2.05) is 12.1 Å². The summed E-state index contributed by atoms with van der Waals surface area (Å²) in [5.41, 5.74) is 4.45. The molecular formula is C23H26FN3O. The molecule has 3 N–H and O–H groups in total. The van der Waals surface area contributed by atoms with Crippen LogP contribution in [0.4, 0.5) is 4.39 Å². The fourth-order valence-electron chi connectivity index (χ4n) is 4.07. The van der Waals surface area contributed by atoms with Crippen LogP contribution >= 0.6 is 0 Å². The van der Waals surface area contributed by atoms with E-state index in [-0.39, 0.29) is 23.8 Å². The van der Waals surface area contributed by atoms with Gasteiger partial charge in [-0.3, -0.25) is 10.1 Å². The Bertz CT molecular complexity index is 977. The van der Waals surface area contributed by atoms with Crippen molar-refractivity contribution in [2.24, 2.45) is 5.92 Å². The van der Waals surface area contributed by atoms with Crippen molar-refractivity contribution in [3.8, 4) is 0 Å². The minimum absolute atomic E-state index is 0.0194. The predicted octanol–water partition coefficient (Wildman–Crippen LogP) is 4.22. The number of nitrogens with one attached hydrogen (secondary N) is 3. The van der Waals surface area contributed by atoms with Crippen LogP contribution in [0.1, 0.15) is 43.1 Å². The Kier molecular flexibility index (Phi) is 5.18. The molecule has 2 heterocycles. The van der Waals surface area contributed by atoms with E-state index in [1.165, 1.54) is 28.8 Å². The highest BCUT2D eigenvalue weighted by atomic mass is 19.1. The Morgan fingerprint density at radius 3 is 2.68 bits per heavy atom. The van der Waals surface area contributed by atoms with Crippen molar-refractivity contribution in [1.82, 2.24) is 15.6 Å². The molecule has 1 amide bonds. The molecule has 0 bridgehead atoms. The number of fused-ring (bicyclic) bond motifs is 3. The average molecular weight is 379 g/mol. The number of hydrogen-bond acceptors (Lipinski definition) is 2. The van der Waals surface area contributed by atoms with Crippen LogP contribution in [-0.4, -0.2) is 16.9 Å². The highest BCUT2D eigenvalue weighted by Crippen LogP contribution is 2.34. The molecule has 1 aliphatic rings. The minimum Gasteiger partial charge on any atom is -0.357 e. The minimum atomic E-state index is -0.282. The van der Waals surface area contributed by atoms with E-state index in [0.717, 1.165) is 17.5 Å². The molecule has 0 aliphatic carbocycles. The quantitative estimate of drug-likeness (QED) is 0.621. The molecule has 0 spiro atoms. The Balaban J connectivity index is 1.55. The Morgan fingerprint density at radius 2 is 1.93 bits per heavy atom. The second-order valence-corrected chi connectivity index (χ2v) is 8.01. The summed E-state index contributed by atoms with van der Waals surface area (Å²) < 4.78 is 13.1. The van der Waals surface area contributed by atoms with Gasteiger partial charge in [0.1, 0.15) is 5.82 Å². The summed E-state index contributed by atoms with van der Waals surface area (Å²) >= 11 is 0. The molecule has 5 heteroatoms. The van der Waals surface area contributed by atoms with Gasteiger partial charge in [0, 0.05) is 29.2 Å². The molecule has 0 fully saturated rings. The second kappa shape index (κ2) is 7.76. The SMILES string of the molecule is CC(C)C[C@H]1N[C@H](C(=O)NCc2ccc(F)cc2)Cc2c1[nH]c1ccccc21. The van der Waals surface area contributed by atoms with Crippen molar-refractivity contribution in [3.63, 3.8) is 0 Å². The van der Waals surface area contributed by atoms with Gasteiger partial charge in [-0.15, -0.1) is 0 Å². The molecule has 0 saturated heterocycles. The van der Waals surface area contributed by atoms with Crippen LogP contribution in [0.2, 0.25) is 0 Å². The molecule has 0 unspecified atom stereocenters. The molecule has 3 aromatic rings. The van der Waals surface area contributed by atoms with Crippen LogP contribution in [0.15, 0.2) is 48.5 Å². The van der Waals surface area contributed by atoms with Gasteiger partial charge in [-0.2, -0.15) is 0 Å². The van der Waals surface area contributed by atoms with Crippen LogP contribution in [0.5, 0.6) is 0 Å². The lowest BCUT2D eigenvalue weighted by molar-refractivity contribution is -0.123. The van der Waals surface area contributed by atoms with E-state index in [0.29, 0.717) is 18.9 Å². The molecule has 28 heavy (non-hydrogen) atoms. The summed E-state index contributed by atoms with van der Waals surface area (Å²) in [4.78, 5) is 16.4. The zero-order valence-electron chi connectivity index (χ0n) is 16.3.